The van der Waals surface area contributed by atoms with E-state index >= 15 is 0 Å². The Balaban J connectivity index is 2.99. The Bertz CT molecular complexity index is 317. The second-order valence-corrected chi connectivity index (χ2v) is 5.21. The second-order valence-electron chi connectivity index (χ2n) is 5.21. The van der Waals surface area contributed by atoms with Gasteiger partial charge < -0.3 is 5.73 Å². The predicted octanol–water partition coefficient (Wildman–Crippen LogP) is 3.22. The third kappa shape index (κ3) is 2.82. The first-order valence-electron chi connectivity index (χ1n) is 5.68. The molecule has 0 saturated heterocycles. The lowest BCUT2D eigenvalue weighted by atomic mass is 9.81. The van der Waals surface area contributed by atoms with Crippen LogP contribution in [0.1, 0.15) is 37.5 Å². The van der Waals surface area contributed by atoms with Crippen LogP contribution in [0, 0.1) is 19.8 Å². The summed E-state index contributed by atoms with van der Waals surface area (Å²) < 4.78 is 0. The zero-order valence-corrected chi connectivity index (χ0v) is 10.6. The summed E-state index contributed by atoms with van der Waals surface area (Å²) in [5.41, 5.74) is 10.3. The van der Waals surface area contributed by atoms with Gasteiger partial charge in [0.2, 0.25) is 0 Å². The van der Waals surface area contributed by atoms with Gasteiger partial charge in [0.05, 0.1) is 0 Å². The minimum absolute atomic E-state index is 0.114. The van der Waals surface area contributed by atoms with Gasteiger partial charge >= 0.3 is 0 Å². The first-order valence-corrected chi connectivity index (χ1v) is 5.68. The molecule has 0 radical (unpaired) electrons. The van der Waals surface area contributed by atoms with Crippen LogP contribution in [-0.4, -0.2) is 5.54 Å². The fourth-order valence-corrected chi connectivity index (χ4v) is 1.71. The van der Waals surface area contributed by atoms with Crippen molar-refractivity contribution in [3.63, 3.8) is 0 Å². The Labute approximate surface area is 93.7 Å². The molecule has 1 nitrogen and oxygen atoms in total. The van der Waals surface area contributed by atoms with E-state index in [1.165, 1.54) is 16.7 Å². The van der Waals surface area contributed by atoms with E-state index in [0.29, 0.717) is 5.92 Å². The Morgan fingerprint density at radius 1 is 1.20 bits per heavy atom. The highest BCUT2D eigenvalue weighted by Gasteiger charge is 2.24. The lowest BCUT2D eigenvalue weighted by Gasteiger charge is -2.30. The van der Waals surface area contributed by atoms with Gasteiger partial charge in [-0.25, -0.2) is 0 Å². The SMILES string of the molecule is Cc1cccc(C)c1CC(C)(N)C(C)C. The van der Waals surface area contributed by atoms with E-state index in [1.807, 2.05) is 0 Å². The molecule has 0 aliphatic rings. The van der Waals surface area contributed by atoms with Crippen LogP contribution >= 0.6 is 0 Å². The molecule has 0 aromatic heterocycles. The van der Waals surface area contributed by atoms with Crippen molar-refractivity contribution in [2.24, 2.45) is 11.7 Å². The summed E-state index contributed by atoms with van der Waals surface area (Å²) in [4.78, 5) is 0. The number of hydrogen-bond donors (Lipinski definition) is 1. The largest absolute Gasteiger partial charge is 0.325 e. The normalized spacial score (nSPS) is 15.4. The maximum atomic E-state index is 6.33. The summed E-state index contributed by atoms with van der Waals surface area (Å²) in [6.07, 6.45) is 0.961. The lowest BCUT2D eigenvalue weighted by molar-refractivity contribution is 0.337. The molecule has 0 aliphatic carbocycles. The highest BCUT2D eigenvalue weighted by atomic mass is 14.7. The van der Waals surface area contributed by atoms with Crippen molar-refractivity contribution in [1.82, 2.24) is 0 Å². The minimum atomic E-state index is -0.114. The number of rotatable bonds is 3. The fraction of sp³-hybridized carbons (Fsp3) is 0.571. The van der Waals surface area contributed by atoms with Crippen LogP contribution in [-0.2, 0) is 6.42 Å². The van der Waals surface area contributed by atoms with Crippen LogP contribution in [0.5, 0.6) is 0 Å². The van der Waals surface area contributed by atoms with Crippen molar-refractivity contribution in [1.29, 1.82) is 0 Å². The summed E-state index contributed by atoms with van der Waals surface area (Å²) >= 11 is 0. The molecule has 1 rings (SSSR count). The molecule has 15 heavy (non-hydrogen) atoms. The molecule has 0 saturated carbocycles. The first kappa shape index (κ1) is 12.3. The van der Waals surface area contributed by atoms with Crippen LogP contribution in [0.15, 0.2) is 18.2 Å². The van der Waals surface area contributed by atoms with Crippen LogP contribution in [0.3, 0.4) is 0 Å². The first-order chi connectivity index (χ1) is 6.84. The minimum Gasteiger partial charge on any atom is -0.325 e. The van der Waals surface area contributed by atoms with Crippen molar-refractivity contribution in [3.05, 3.63) is 34.9 Å². The molecular formula is C14H23N. The monoisotopic (exact) mass is 205 g/mol. The average molecular weight is 205 g/mol. The van der Waals surface area contributed by atoms with E-state index in [4.69, 9.17) is 5.73 Å². The van der Waals surface area contributed by atoms with Gasteiger partial charge in [-0.2, -0.15) is 0 Å². The highest BCUT2D eigenvalue weighted by Crippen LogP contribution is 2.23. The van der Waals surface area contributed by atoms with Gasteiger partial charge in [-0.15, -0.1) is 0 Å². The number of hydrogen-bond acceptors (Lipinski definition) is 1. The van der Waals surface area contributed by atoms with Gasteiger partial charge in [-0.05, 0) is 49.8 Å². The smallest absolute Gasteiger partial charge is 0.0189 e. The van der Waals surface area contributed by atoms with E-state index in [1.54, 1.807) is 0 Å². The van der Waals surface area contributed by atoms with Gasteiger partial charge in [0, 0.05) is 5.54 Å². The Hall–Kier alpha value is -0.820. The van der Waals surface area contributed by atoms with Crippen molar-refractivity contribution in [2.45, 2.75) is 46.6 Å². The van der Waals surface area contributed by atoms with Gasteiger partial charge in [0.1, 0.15) is 0 Å². The van der Waals surface area contributed by atoms with E-state index < -0.39 is 0 Å². The molecule has 1 unspecified atom stereocenters. The molecule has 84 valence electrons. The summed E-state index contributed by atoms with van der Waals surface area (Å²) in [5, 5.41) is 0. The van der Waals surface area contributed by atoms with Crippen LogP contribution in [0.25, 0.3) is 0 Å². The molecule has 2 N–H and O–H groups in total. The molecule has 1 atom stereocenters. The van der Waals surface area contributed by atoms with Crippen LogP contribution < -0.4 is 5.73 Å². The second kappa shape index (κ2) is 4.36. The van der Waals surface area contributed by atoms with Gasteiger partial charge in [0.25, 0.3) is 0 Å². The van der Waals surface area contributed by atoms with Gasteiger partial charge in [-0.3, -0.25) is 0 Å². The quantitative estimate of drug-likeness (QED) is 0.805. The highest BCUT2D eigenvalue weighted by molar-refractivity contribution is 5.34. The molecule has 0 fully saturated rings. The summed E-state index contributed by atoms with van der Waals surface area (Å²) in [7, 11) is 0. The van der Waals surface area contributed by atoms with E-state index in [0.717, 1.165) is 6.42 Å². The summed E-state index contributed by atoms with van der Waals surface area (Å²) in [6.45, 7) is 10.8. The molecule has 1 heteroatoms. The molecule has 0 spiro atoms. The van der Waals surface area contributed by atoms with Crippen molar-refractivity contribution in [2.75, 3.05) is 0 Å². The van der Waals surface area contributed by atoms with Crippen molar-refractivity contribution >= 4 is 0 Å². The van der Waals surface area contributed by atoms with Crippen LogP contribution in [0.2, 0.25) is 0 Å². The zero-order chi connectivity index (χ0) is 11.6. The Morgan fingerprint density at radius 3 is 2.07 bits per heavy atom. The van der Waals surface area contributed by atoms with E-state index in [-0.39, 0.29) is 5.54 Å². The molecular weight excluding hydrogens is 182 g/mol. The molecule has 1 aromatic carbocycles. The summed E-state index contributed by atoms with van der Waals surface area (Å²) in [5.74, 6) is 0.497. The maximum absolute atomic E-state index is 6.33. The van der Waals surface area contributed by atoms with Crippen LogP contribution in [0.4, 0.5) is 0 Å². The Morgan fingerprint density at radius 2 is 1.67 bits per heavy atom. The van der Waals surface area contributed by atoms with Crippen molar-refractivity contribution < 1.29 is 0 Å². The molecule has 0 aliphatic heterocycles. The number of benzene rings is 1. The summed E-state index contributed by atoms with van der Waals surface area (Å²) in [6, 6.07) is 6.44. The molecule has 0 amide bonds. The number of aryl methyl sites for hydroxylation is 2. The van der Waals surface area contributed by atoms with Gasteiger partial charge in [-0.1, -0.05) is 32.0 Å². The lowest BCUT2D eigenvalue weighted by Crippen LogP contribution is -2.44. The Kier molecular flexibility index (Phi) is 3.56. The molecule has 0 bridgehead atoms. The van der Waals surface area contributed by atoms with E-state index in [9.17, 15) is 0 Å². The standard InChI is InChI=1S/C14H23N/c1-10(2)14(5,15)9-13-11(3)7-6-8-12(13)4/h6-8,10H,9,15H2,1-5H3. The number of nitrogens with two attached hydrogens (primary N) is 1. The maximum Gasteiger partial charge on any atom is 0.0189 e. The molecule has 1 aromatic rings. The zero-order valence-electron chi connectivity index (χ0n) is 10.6. The average Bonchev–Trinajstić information content (AvgIpc) is 2.11. The fourth-order valence-electron chi connectivity index (χ4n) is 1.71. The van der Waals surface area contributed by atoms with E-state index in [2.05, 4.69) is 52.8 Å². The van der Waals surface area contributed by atoms with Crippen molar-refractivity contribution in [3.8, 4) is 0 Å². The topological polar surface area (TPSA) is 26.0 Å². The third-order valence-corrected chi connectivity index (χ3v) is 3.52. The molecule has 0 heterocycles. The third-order valence-electron chi connectivity index (χ3n) is 3.52. The predicted molar refractivity (Wildman–Crippen MR) is 67.1 cm³/mol. The van der Waals surface area contributed by atoms with Gasteiger partial charge in [0.15, 0.2) is 0 Å².